The monoisotopic (exact) mass is 327 g/mol. The Bertz CT molecular complexity index is 654. The second-order valence-corrected chi connectivity index (χ2v) is 7.40. The molecule has 0 unspecified atom stereocenters. The highest BCUT2D eigenvalue weighted by molar-refractivity contribution is 5.93. The van der Waals surface area contributed by atoms with Crippen molar-refractivity contribution in [2.75, 3.05) is 18.4 Å². The van der Waals surface area contributed by atoms with Crippen LogP contribution < -0.4 is 16.0 Å². The summed E-state index contributed by atoms with van der Waals surface area (Å²) in [7, 11) is 0. The van der Waals surface area contributed by atoms with E-state index < -0.39 is 0 Å². The van der Waals surface area contributed by atoms with Crippen LogP contribution in [0.1, 0.15) is 36.8 Å². The van der Waals surface area contributed by atoms with Crippen LogP contribution in [-0.2, 0) is 22.4 Å². The van der Waals surface area contributed by atoms with Crippen LogP contribution in [-0.4, -0.2) is 30.9 Å². The van der Waals surface area contributed by atoms with Gasteiger partial charge in [-0.25, -0.2) is 0 Å². The molecule has 1 saturated heterocycles. The zero-order chi connectivity index (χ0) is 16.5. The van der Waals surface area contributed by atoms with Gasteiger partial charge in [-0.2, -0.15) is 0 Å². The average Bonchev–Trinajstić information content (AvgIpc) is 3.29. The van der Waals surface area contributed by atoms with E-state index >= 15 is 0 Å². The fraction of sp³-hybridized carbons (Fsp3) is 0.579. The van der Waals surface area contributed by atoms with Gasteiger partial charge in [-0.3, -0.25) is 9.59 Å². The quantitative estimate of drug-likeness (QED) is 0.787. The molecule has 128 valence electrons. The van der Waals surface area contributed by atoms with Crippen molar-refractivity contribution in [2.24, 2.45) is 11.8 Å². The van der Waals surface area contributed by atoms with E-state index in [-0.39, 0.29) is 23.7 Å². The first kappa shape index (κ1) is 15.6. The summed E-state index contributed by atoms with van der Waals surface area (Å²) in [6, 6.07) is 6.60. The van der Waals surface area contributed by atoms with Crippen molar-refractivity contribution >= 4 is 17.5 Å². The Labute approximate surface area is 142 Å². The third-order valence-corrected chi connectivity index (χ3v) is 5.38. The smallest absolute Gasteiger partial charge is 0.228 e. The molecule has 1 saturated carbocycles. The van der Waals surface area contributed by atoms with E-state index in [1.54, 1.807) is 0 Å². The molecule has 1 aliphatic heterocycles. The van der Waals surface area contributed by atoms with Gasteiger partial charge in [-0.15, -0.1) is 0 Å². The minimum atomic E-state index is -0.151. The first-order valence-corrected chi connectivity index (χ1v) is 9.13. The van der Waals surface area contributed by atoms with Gasteiger partial charge in [0.25, 0.3) is 0 Å². The second kappa shape index (κ2) is 6.55. The Morgan fingerprint density at radius 3 is 2.54 bits per heavy atom. The molecule has 4 rings (SSSR count). The molecule has 2 atom stereocenters. The summed E-state index contributed by atoms with van der Waals surface area (Å²) in [5.41, 5.74) is 3.64. The van der Waals surface area contributed by atoms with Crippen molar-refractivity contribution in [2.45, 2.75) is 44.6 Å². The highest BCUT2D eigenvalue weighted by Gasteiger charge is 2.33. The van der Waals surface area contributed by atoms with E-state index in [2.05, 4.69) is 28.1 Å². The zero-order valence-corrected chi connectivity index (χ0v) is 13.9. The number of hydrogen-bond acceptors (Lipinski definition) is 3. The topological polar surface area (TPSA) is 70.2 Å². The minimum absolute atomic E-state index is 0.0179. The summed E-state index contributed by atoms with van der Waals surface area (Å²) < 4.78 is 0. The van der Waals surface area contributed by atoms with Gasteiger partial charge in [-0.1, -0.05) is 6.07 Å². The fourth-order valence-corrected chi connectivity index (χ4v) is 3.78. The van der Waals surface area contributed by atoms with Crippen LogP contribution in [0.15, 0.2) is 18.2 Å². The van der Waals surface area contributed by atoms with Crippen LogP contribution >= 0.6 is 0 Å². The number of hydrogen-bond donors (Lipinski definition) is 3. The third kappa shape index (κ3) is 3.46. The molecule has 3 aliphatic rings. The number of rotatable bonds is 4. The fourth-order valence-electron chi connectivity index (χ4n) is 3.78. The molecule has 0 aromatic heterocycles. The molecule has 1 aromatic rings. The molecule has 0 bridgehead atoms. The van der Waals surface area contributed by atoms with Gasteiger partial charge in [0, 0.05) is 24.8 Å². The summed E-state index contributed by atoms with van der Waals surface area (Å²) in [5.74, 6) is -0.138. The van der Waals surface area contributed by atoms with Crippen LogP contribution in [0.25, 0.3) is 0 Å². The Hall–Kier alpha value is -1.88. The molecule has 1 heterocycles. The van der Waals surface area contributed by atoms with Gasteiger partial charge in [0.05, 0.1) is 11.8 Å². The number of anilines is 1. The van der Waals surface area contributed by atoms with Gasteiger partial charge >= 0.3 is 0 Å². The lowest BCUT2D eigenvalue weighted by Gasteiger charge is -2.28. The van der Waals surface area contributed by atoms with Gasteiger partial charge in [-0.05, 0) is 61.8 Å². The largest absolute Gasteiger partial charge is 0.353 e. The van der Waals surface area contributed by atoms with Gasteiger partial charge in [0.15, 0.2) is 0 Å². The molecule has 2 amide bonds. The minimum Gasteiger partial charge on any atom is -0.353 e. The number of amides is 2. The maximum absolute atomic E-state index is 12.6. The SMILES string of the molecule is O=C(Nc1ccc2c(c1)CCC2)[C@H]1CNC[C@@H](C(=O)NC2CC2)C1. The Morgan fingerprint density at radius 2 is 1.75 bits per heavy atom. The zero-order valence-electron chi connectivity index (χ0n) is 13.9. The summed E-state index contributed by atoms with van der Waals surface area (Å²) in [6.07, 6.45) is 6.27. The first-order valence-electron chi connectivity index (χ1n) is 9.13. The molecule has 2 aliphatic carbocycles. The molecular formula is C19H25N3O2. The molecule has 0 spiro atoms. The predicted molar refractivity (Wildman–Crippen MR) is 92.7 cm³/mol. The molecule has 1 aromatic carbocycles. The van der Waals surface area contributed by atoms with E-state index in [0.29, 0.717) is 25.6 Å². The lowest BCUT2D eigenvalue weighted by atomic mass is 9.89. The van der Waals surface area contributed by atoms with Crippen molar-refractivity contribution < 1.29 is 9.59 Å². The molecular weight excluding hydrogens is 302 g/mol. The van der Waals surface area contributed by atoms with Crippen molar-refractivity contribution in [3.8, 4) is 0 Å². The van der Waals surface area contributed by atoms with Crippen molar-refractivity contribution in [3.05, 3.63) is 29.3 Å². The molecule has 0 radical (unpaired) electrons. The normalized spacial score (nSPS) is 25.8. The van der Waals surface area contributed by atoms with Crippen LogP contribution in [0.4, 0.5) is 5.69 Å². The average molecular weight is 327 g/mol. The van der Waals surface area contributed by atoms with Gasteiger partial charge < -0.3 is 16.0 Å². The Morgan fingerprint density at radius 1 is 1.00 bits per heavy atom. The van der Waals surface area contributed by atoms with Crippen molar-refractivity contribution in [3.63, 3.8) is 0 Å². The summed E-state index contributed by atoms with van der Waals surface area (Å²) in [6.45, 7) is 1.31. The Balaban J connectivity index is 1.35. The molecule has 5 nitrogen and oxygen atoms in total. The lowest BCUT2D eigenvalue weighted by Crippen LogP contribution is -2.47. The number of aryl methyl sites for hydroxylation is 2. The standard InChI is InChI=1S/C19H25N3O2/c23-18(21-16-6-7-16)14-8-15(11-20-10-14)19(24)22-17-5-4-12-2-1-3-13(12)9-17/h4-5,9,14-16,20H,1-3,6-8,10-11H2,(H,21,23)(H,22,24)/t14-,15+/m0/s1. The van der Waals surface area contributed by atoms with Gasteiger partial charge in [0.1, 0.15) is 0 Å². The highest BCUT2D eigenvalue weighted by atomic mass is 16.2. The van der Waals surface area contributed by atoms with E-state index in [1.807, 2.05) is 6.07 Å². The number of nitrogens with one attached hydrogen (secondary N) is 3. The summed E-state index contributed by atoms with van der Waals surface area (Å²) in [4.78, 5) is 24.8. The third-order valence-electron chi connectivity index (χ3n) is 5.38. The van der Waals surface area contributed by atoms with Crippen molar-refractivity contribution in [1.29, 1.82) is 0 Å². The number of benzene rings is 1. The number of carbonyl (C=O) groups is 2. The maximum Gasteiger partial charge on any atom is 0.228 e. The predicted octanol–water partition coefficient (Wildman–Crippen LogP) is 1.62. The van der Waals surface area contributed by atoms with Crippen LogP contribution in [0.5, 0.6) is 0 Å². The summed E-state index contributed by atoms with van der Waals surface area (Å²) in [5, 5.41) is 9.34. The molecule has 2 fully saturated rings. The van der Waals surface area contributed by atoms with E-state index in [0.717, 1.165) is 31.4 Å². The lowest BCUT2D eigenvalue weighted by molar-refractivity contribution is -0.127. The van der Waals surface area contributed by atoms with Crippen LogP contribution in [0.2, 0.25) is 0 Å². The number of fused-ring (bicyclic) bond motifs is 1. The molecule has 3 N–H and O–H groups in total. The molecule has 24 heavy (non-hydrogen) atoms. The highest BCUT2D eigenvalue weighted by Crippen LogP contribution is 2.26. The number of piperidine rings is 1. The van der Waals surface area contributed by atoms with Crippen molar-refractivity contribution in [1.82, 2.24) is 10.6 Å². The van der Waals surface area contributed by atoms with E-state index in [1.165, 1.54) is 17.5 Å². The van der Waals surface area contributed by atoms with E-state index in [4.69, 9.17) is 0 Å². The van der Waals surface area contributed by atoms with E-state index in [9.17, 15) is 9.59 Å². The summed E-state index contributed by atoms with van der Waals surface area (Å²) >= 11 is 0. The Kier molecular flexibility index (Phi) is 4.27. The van der Waals surface area contributed by atoms with Gasteiger partial charge in [0.2, 0.25) is 11.8 Å². The maximum atomic E-state index is 12.6. The molecule has 5 heteroatoms. The number of carbonyl (C=O) groups excluding carboxylic acids is 2. The first-order chi connectivity index (χ1) is 11.7. The van der Waals surface area contributed by atoms with Crippen LogP contribution in [0, 0.1) is 11.8 Å². The second-order valence-electron chi connectivity index (χ2n) is 7.40. The van der Waals surface area contributed by atoms with Crippen LogP contribution in [0.3, 0.4) is 0 Å².